The van der Waals surface area contributed by atoms with Crippen LogP contribution in [0.2, 0.25) is 0 Å². The highest BCUT2D eigenvalue weighted by atomic mass is 16.5. The van der Waals surface area contributed by atoms with Gasteiger partial charge in [0.05, 0.1) is 7.11 Å². The summed E-state index contributed by atoms with van der Waals surface area (Å²) in [6, 6.07) is 15.6. The van der Waals surface area contributed by atoms with Crippen LogP contribution in [-0.2, 0) is 11.2 Å². The molecule has 0 aliphatic heterocycles. The van der Waals surface area contributed by atoms with E-state index in [-0.39, 0.29) is 5.91 Å². The van der Waals surface area contributed by atoms with Gasteiger partial charge in [0.2, 0.25) is 5.91 Å². The van der Waals surface area contributed by atoms with Crippen molar-refractivity contribution in [3.63, 3.8) is 0 Å². The van der Waals surface area contributed by atoms with Crippen LogP contribution in [0.25, 0.3) is 11.4 Å². The Bertz CT molecular complexity index is 945. The zero-order chi connectivity index (χ0) is 19.3. The molecule has 1 amide bonds. The van der Waals surface area contributed by atoms with Gasteiger partial charge >= 0.3 is 0 Å². The number of ether oxygens (including phenoxy) is 1. The molecule has 0 bridgehead atoms. The molecule has 0 radical (unpaired) electrons. The SMILES string of the molecule is COc1ccc(CCCC(=O)Nc2cccc(-c3n[nH]c(C4CC4)n3)c2)cc1. The molecule has 2 aromatic carbocycles. The highest BCUT2D eigenvalue weighted by Crippen LogP contribution is 2.38. The molecular formula is C22H24N4O2. The molecule has 2 N–H and O–H groups in total. The summed E-state index contributed by atoms with van der Waals surface area (Å²) in [5.41, 5.74) is 2.87. The minimum Gasteiger partial charge on any atom is -0.497 e. The average Bonchev–Trinajstić information content (AvgIpc) is 3.45. The Kier molecular flexibility index (Phi) is 5.37. The number of H-pyrrole nitrogens is 1. The monoisotopic (exact) mass is 376 g/mol. The van der Waals surface area contributed by atoms with Gasteiger partial charge in [-0.25, -0.2) is 4.98 Å². The fourth-order valence-electron chi connectivity index (χ4n) is 3.15. The number of rotatable bonds is 8. The molecule has 0 saturated heterocycles. The maximum absolute atomic E-state index is 12.3. The third-order valence-corrected chi connectivity index (χ3v) is 4.90. The molecule has 0 unspecified atom stereocenters. The first-order valence-corrected chi connectivity index (χ1v) is 9.67. The Hall–Kier alpha value is -3.15. The molecule has 144 valence electrons. The van der Waals surface area contributed by atoms with Crippen molar-refractivity contribution in [2.24, 2.45) is 0 Å². The van der Waals surface area contributed by atoms with Crippen LogP contribution in [0, 0.1) is 0 Å². The molecule has 0 atom stereocenters. The van der Waals surface area contributed by atoms with Gasteiger partial charge in [0.1, 0.15) is 11.6 Å². The lowest BCUT2D eigenvalue weighted by molar-refractivity contribution is -0.116. The number of hydrogen-bond donors (Lipinski definition) is 2. The summed E-state index contributed by atoms with van der Waals surface area (Å²) in [5, 5.41) is 10.3. The lowest BCUT2D eigenvalue weighted by Gasteiger charge is -2.07. The zero-order valence-electron chi connectivity index (χ0n) is 15.9. The van der Waals surface area contributed by atoms with Gasteiger partial charge in [0, 0.05) is 23.6 Å². The molecule has 6 nitrogen and oxygen atoms in total. The number of hydrogen-bond acceptors (Lipinski definition) is 4. The number of carbonyl (C=O) groups is 1. The first kappa shape index (κ1) is 18.2. The summed E-state index contributed by atoms with van der Waals surface area (Å²) >= 11 is 0. The molecule has 1 aromatic heterocycles. The number of carbonyl (C=O) groups excluding carboxylic acids is 1. The molecule has 1 aliphatic carbocycles. The minimum atomic E-state index is 0.0133. The van der Waals surface area contributed by atoms with Gasteiger partial charge < -0.3 is 10.1 Å². The van der Waals surface area contributed by atoms with Crippen LogP contribution in [0.15, 0.2) is 48.5 Å². The summed E-state index contributed by atoms with van der Waals surface area (Å²) in [5.74, 6) is 3.03. The second-order valence-corrected chi connectivity index (χ2v) is 7.15. The van der Waals surface area contributed by atoms with Crippen molar-refractivity contribution in [3.05, 3.63) is 59.9 Å². The predicted octanol–water partition coefficient (Wildman–Crippen LogP) is 4.32. The van der Waals surface area contributed by atoms with Crippen molar-refractivity contribution in [1.82, 2.24) is 15.2 Å². The van der Waals surface area contributed by atoms with E-state index in [2.05, 4.69) is 20.5 Å². The van der Waals surface area contributed by atoms with Gasteiger partial charge in [0.25, 0.3) is 0 Å². The van der Waals surface area contributed by atoms with E-state index in [9.17, 15) is 4.79 Å². The van der Waals surface area contributed by atoms with Crippen LogP contribution < -0.4 is 10.1 Å². The Morgan fingerprint density at radius 1 is 1.21 bits per heavy atom. The van der Waals surface area contributed by atoms with E-state index in [4.69, 9.17) is 4.74 Å². The van der Waals surface area contributed by atoms with E-state index >= 15 is 0 Å². The summed E-state index contributed by atoms with van der Waals surface area (Å²) in [7, 11) is 1.66. The third kappa shape index (κ3) is 4.57. The number of aromatic nitrogens is 3. The largest absolute Gasteiger partial charge is 0.497 e. The van der Waals surface area contributed by atoms with Crippen LogP contribution in [0.1, 0.15) is 43.0 Å². The third-order valence-electron chi connectivity index (χ3n) is 4.90. The van der Waals surface area contributed by atoms with Crippen LogP contribution in [-0.4, -0.2) is 28.2 Å². The van der Waals surface area contributed by atoms with Gasteiger partial charge in [-0.1, -0.05) is 24.3 Å². The molecule has 6 heteroatoms. The van der Waals surface area contributed by atoms with Gasteiger partial charge in [-0.15, -0.1) is 0 Å². The van der Waals surface area contributed by atoms with Gasteiger partial charge in [-0.05, 0) is 55.5 Å². The van der Waals surface area contributed by atoms with E-state index in [0.717, 1.165) is 35.7 Å². The van der Waals surface area contributed by atoms with Crippen molar-refractivity contribution < 1.29 is 9.53 Å². The maximum Gasteiger partial charge on any atom is 0.224 e. The van der Waals surface area contributed by atoms with Gasteiger partial charge in [-0.2, -0.15) is 5.10 Å². The van der Waals surface area contributed by atoms with E-state index in [1.165, 1.54) is 18.4 Å². The zero-order valence-corrected chi connectivity index (χ0v) is 15.9. The van der Waals surface area contributed by atoms with Gasteiger partial charge in [-0.3, -0.25) is 9.89 Å². The molecule has 1 fully saturated rings. The van der Waals surface area contributed by atoms with E-state index < -0.39 is 0 Å². The smallest absolute Gasteiger partial charge is 0.224 e. The van der Waals surface area contributed by atoms with Crippen LogP contribution in [0.3, 0.4) is 0 Å². The minimum absolute atomic E-state index is 0.0133. The lowest BCUT2D eigenvalue weighted by atomic mass is 10.1. The summed E-state index contributed by atoms with van der Waals surface area (Å²) in [6.45, 7) is 0. The Morgan fingerprint density at radius 3 is 2.79 bits per heavy atom. The topological polar surface area (TPSA) is 79.9 Å². The van der Waals surface area contributed by atoms with Crippen LogP contribution in [0.5, 0.6) is 5.75 Å². The van der Waals surface area contributed by atoms with E-state index in [1.54, 1.807) is 7.11 Å². The molecule has 0 spiro atoms. The number of anilines is 1. The number of nitrogens with one attached hydrogen (secondary N) is 2. The maximum atomic E-state index is 12.3. The van der Waals surface area contributed by atoms with Crippen molar-refractivity contribution in [3.8, 4) is 17.1 Å². The fourth-order valence-corrected chi connectivity index (χ4v) is 3.15. The molecule has 1 aliphatic rings. The first-order chi connectivity index (χ1) is 13.7. The first-order valence-electron chi connectivity index (χ1n) is 9.67. The molecule has 1 saturated carbocycles. The number of aromatic amines is 1. The number of methoxy groups -OCH3 is 1. The Morgan fingerprint density at radius 2 is 2.04 bits per heavy atom. The second kappa shape index (κ2) is 8.25. The normalized spacial score (nSPS) is 13.3. The summed E-state index contributed by atoms with van der Waals surface area (Å²) in [6.07, 6.45) is 4.49. The van der Waals surface area contributed by atoms with Crippen molar-refractivity contribution in [2.45, 2.75) is 38.0 Å². The standard InChI is InChI=1S/C22H24N4O2/c1-28-19-12-8-15(9-13-19)4-2-7-20(27)23-18-6-3-5-17(14-18)22-24-21(25-26-22)16-10-11-16/h3,5-6,8-9,12-14,16H,2,4,7,10-11H2,1H3,(H,23,27)(H,24,25,26). The Balaban J connectivity index is 1.30. The van der Waals surface area contributed by atoms with E-state index in [0.29, 0.717) is 18.2 Å². The molecule has 28 heavy (non-hydrogen) atoms. The number of nitrogens with zero attached hydrogens (tertiary/aromatic N) is 2. The molecule has 4 rings (SSSR count). The summed E-state index contributed by atoms with van der Waals surface area (Å²) in [4.78, 5) is 16.9. The highest BCUT2D eigenvalue weighted by molar-refractivity contribution is 5.91. The fraction of sp³-hybridized carbons (Fsp3) is 0.318. The molecule has 3 aromatic rings. The van der Waals surface area contributed by atoms with Crippen molar-refractivity contribution in [1.29, 1.82) is 0 Å². The predicted molar refractivity (Wildman–Crippen MR) is 108 cm³/mol. The Labute approximate surface area is 164 Å². The average molecular weight is 376 g/mol. The van der Waals surface area contributed by atoms with Crippen molar-refractivity contribution in [2.75, 3.05) is 12.4 Å². The molecular weight excluding hydrogens is 352 g/mol. The van der Waals surface area contributed by atoms with Crippen molar-refractivity contribution >= 4 is 11.6 Å². The molecule has 1 heterocycles. The highest BCUT2D eigenvalue weighted by Gasteiger charge is 2.27. The number of amides is 1. The number of aryl methyl sites for hydroxylation is 1. The quantitative estimate of drug-likeness (QED) is 0.614. The van der Waals surface area contributed by atoms with Gasteiger partial charge in [0.15, 0.2) is 5.82 Å². The number of benzene rings is 2. The van der Waals surface area contributed by atoms with Crippen LogP contribution >= 0.6 is 0 Å². The van der Waals surface area contributed by atoms with E-state index in [1.807, 2.05) is 48.5 Å². The lowest BCUT2D eigenvalue weighted by Crippen LogP contribution is -2.11. The van der Waals surface area contributed by atoms with Crippen LogP contribution in [0.4, 0.5) is 5.69 Å². The summed E-state index contributed by atoms with van der Waals surface area (Å²) < 4.78 is 5.16. The second-order valence-electron chi connectivity index (χ2n) is 7.15.